The Morgan fingerprint density at radius 3 is 2.50 bits per heavy atom. The Morgan fingerprint density at radius 1 is 1.44 bits per heavy atom. The molecule has 0 heterocycles. The van der Waals surface area contributed by atoms with Crippen molar-refractivity contribution in [2.45, 2.75) is 32.7 Å². The Bertz CT molecular complexity index is 184. The van der Waals surface area contributed by atoms with Gasteiger partial charge in [0.15, 0.2) is 0 Å². The van der Waals surface area contributed by atoms with Crippen LogP contribution in [0.5, 0.6) is 0 Å². The van der Waals surface area contributed by atoms with Crippen LogP contribution >= 0.6 is 0 Å². The van der Waals surface area contributed by atoms with E-state index in [1.807, 2.05) is 13.8 Å². The van der Waals surface area contributed by atoms with E-state index in [-0.39, 0.29) is 18.6 Å². The lowest BCUT2D eigenvalue weighted by Crippen LogP contribution is -2.42. The average molecular weight is 231 g/mol. The molecule has 0 fully saturated rings. The first kappa shape index (κ1) is 15.3. The Kier molecular flexibility index (Phi) is 9.18. The highest BCUT2D eigenvalue weighted by Crippen LogP contribution is 1.98. The Hall–Kier alpha value is -0.650. The average Bonchev–Trinajstić information content (AvgIpc) is 2.29. The molecule has 0 aromatic carbocycles. The summed E-state index contributed by atoms with van der Waals surface area (Å²) in [4.78, 5) is 13.6. The molecule has 0 aromatic heterocycles. The van der Waals surface area contributed by atoms with Crippen molar-refractivity contribution >= 4 is 5.91 Å². The number of aliphatic hydroxyl groups excluding tert-OH is 1. The standard InChI is InChI=1S/C11H25N3O2/c1-3-14(4-2)11(16)8-10(9-12)13-6-5-7-15/h10,13,15H,3-9,12H2,1-2H3. The highest BCUT2D eigenvalue weighted by molar-refractivity contribution is 5.76. The Labute approximate surface area is 98.0 Å². The Morgan fingerprint density at radius 2 is 2.06 bits per heavy atom. The van der Waals surface area contributed by atoms with Crippen molar-refractivity contribution in [2.75, 3.05) is 32.8 Å². The van der Waals surface area contributed by atoms with Crippen molar-refractivity contribution in [3.63, 3.8) is 0 Å². The maximum atomic E-state index is 11.8. The lowest BCUT2D eigenvalue weighted by molar-refractivity contribution is -0.131. The topological polar surface area (TPSA) is 78.6 Å². The summed E-state index contributed by atoms with van der Waals surface area (Å²) < 4.78 is 0. The third kappa shape index (κ3) is 6.05. The molecule has 0 aliphatic rings. The molecular weight excluding hydrogens is 206 g/mol. The van der Waals surface area contributed by atoms with Gasteiger partial charge in [-0.15, -0.1) is 0 Å². The van der Waals surface area contributed by atoms with Crippen LogP contribution < -0.4 is 11.1 Å². The lowest BCUT2D eigenvalue weighted by atomic mass is 10.2. The predicted molar refractivity (Wildman–Crippen MR) is 65.1 cm³/mol. The van der Waals surface area contributed by atoms with Crippen LogP contribution in [0.15, 0.2) is 0 Å². The van der Waals surface area contributed by atoms with Crippen LogP contribution in [0.1, 0.15) is 26.7 Å². The molecule has 5 heteroatoms. The second-order valence-electron chi connectivity index (χ2n) is 3.73. The van der Waals surface area contributed by atoms with Gasteiger partial charge in [0.1, 0.15) is 0 Å². The van der Waals surface area contributed by atoms with Gasteiger partial charge in [0, 0.05) is 38.7 Å². The van der Waals surface area contributed by atoms with Gasteiger partial charge in [0.25, 0.3) is 0 Å². The molecule has 96 valence electrons. The van der Waals surface area contributed by atoms with Crippen LogP contribution in [0.25, 0.3) is 0 Å². The normalized spacial score (nSPS) is 12.5. The van der Waals surface area contributed by atoms with Crippen molar-refractivity contribution in [3.05, 3.63) is 0 Å². The monoisotopic (exact) mass is 231 g/mol. The van der Waals surface area contributed by atoms with Crippen LogP contribution in [0.3, 0.4) is 0 Å². The minimum absolute atomic E-state index is 0.0136. The first-order valence-corrected chi connectivity index (χ1v) is 6.01. The summed E-state index contributed by atoms with van der Waals surface area (Å²) in [5, 5.41) is 11.8. The van der Waals surface area contributed by atoms with Gasteiger partial charge in [0.05, 0.1) is 0 Å². The van der Waals surface area contributed by atoms with E-state index in [2.05, 4.69) is 5.32 Å². The number of rotatable bonds is 9. The van der Waals surface area contributed by atoms with E-state index in [0.717, 1.165) is 13.1 Å². The van der Waals surface area contributed by atoms with E-state index in [0.29, 0.717) is 25.9 Å². The molecule has 16 heavy (non-hydrogen) atoms. The van der Waals surface area contributed by atoms with E-state index in [1.54, 1.807) is 4.90 Å². The molecule has 0 bridgehead atoms. The maximum Gasteiger partial charge on any atom is 0.224 e. The zero-order valence-electron chi connectivity index (χ0n) is 10.4. The van der Waals surface area contributed by atoms with Crippen LogP contribution in [-0.4, -0.2) is 54.7 Å². The molecule has 0 aliphatic heterocycles. The molecule has 4 N–H and O–H groups in total. The number of nitrogens with two attached hydrogens (primary N) is 1. The number of carbonyl (C=O) groups excluding carboxylic acids is 1. The zero-order chi connectivity index (χ0) is 12.4. The van der Waals surface area contributed by atoms with Crippen molar-refractivity contribution < 1.29 is 9.90 Å². The van der Waals surface area contributed by atoms with E-state index < -0.39 is 0 Å². The fourth-order valence-electron chi connectivity index (χ4n) is 1.54. The van der Waals surface area contributed by atoms with Gasteiger partial charge >= 0.3 is 0 Å². The quantitative estimate of drug-likeness (QED) is 0.469. The smallest absolute Gasteiger partial charge is 0.224 e. The molecule has 0 aliphatic carbocycles. The van der Waals surface area contributed by atoms with E-state index in [1.165, 1.54) is 0 Å². The number of hydrogen-bond acceptors (Lipinski definition) is 4. The Balaban J connectivity index is 3.95. The highest BCUT2D eigenvalue weighted by Gasteiger charge is 2.15. The first-order valence-electron chi connectivity index (χ1n) is 6.01. The molecule has 1 unspecified atom stereocenters. The molecule has 0 radical (unpaired) electrons. The summed E-state index contributed by atoms with van der Waals surface area (Å²) in [6.45, 7) is 6.72. The molecule has 1 atom stereocenters. The minimum Gasteiger partial charge on any atom is -0.396 e. The molecule has 0 spiro atoms. The molecule has 0 saturated heterocycles. The number of aliphatic hydroxyl groups is 1. The fourth-order valence-corrected chi connectivity index (χ4v) is 1.54. The highest BCUT2D eigenvalue weighted by atomic mass is 16.3. The third-order valence-electron chi connectivity index (χ3n) is 2.59. The third-order valence-corrected chi connectivity index (χ3v) is 2.59. The number of hydrogen-bond donors (Lipinski definition) is 3. The van der Waals surface area contributed by atoms with Crippen LogP contribution in [0.2, 0.25) is 0 Å². The molecule has 0 rings (SSSR count). The van der Waals surface area contributed by atoms with Crippen molar-refractivity contribution in [1.82, 2.24) is 10.2 Å². The van der Waals surface area contributed by atoms with Crippen LogP contribution in [0.4, 0.5) is 0 Å². The minimum atomic E-state index is 0.0136. The van der Waals surface area contributed by atoms with Gasteiger partial charge in [-0.1, -0.05) is 0 Å². The van der Waals surface area contributed by atoms with Gasteiger partial charge < -0.3 is 21.1 Å². The predicted octanol–water partition coefficient (Wildman–Crippen LogP) is -0.456. The molecular formula is C11H25N3O2. The molecule has 0 aromatic rings. The SMILES string of the molecule is CCN(CC)C(=O)CC(CN)NCCCO. The molecule has 1 amide bonds. The van der Waals surface area contributed by atoms with E-state index in [9.17, 15) is 4.79 Å². The van der Waals surface area contributed by atoms with E-state index in [4.69, 9.17) is 10.8 Å². The molecule has 5 nitrogen and oxygen atoms in total. The zero-order valence-corrected chi connectivity index (χ0v) is 10.4. The number of amides is 1. The number of nitrogens with zero attached hydrogens (tertiary/aromatic N) is 1. The van der Waals surface area contributed by atoms with Crippen molar-refractivity contribution in [2.24, 2.45) is 5.73 Å². The van der Waals surface area contributed by atoms with Gasteiger partial charge in [0.2, 0.25) is 5.91 Å². The second kappa shape index (κ2) is 9.57. The summed E-state index contributed by atoms with van der Waals surface area (Å²) in [6, 6.07) is 0.0136. The van der Waals surface area contributed by atoms with Crippen molar-refractivity contribution in [3.8, 4) is 0 Å². The molecule has 0 saturated carbocycles. The van der Waals surface area contributed by atoms with E-state index >= 15 is 0 Å². The summed E-state index contributed by atoms with van der Waals surface area (Å²) in [5.41, 5.74) is 5.59. The van der Waals surface area contributed by atoms with Crippen LogP contribution in [-0.2, 0) is 4.79 Å². The largest absolute Gasteiger partial charge is 0.396 e. The van der Waals surface area contributed by atoms with Gasteiger partial charge in [-0.05, 0) is 26.8 Å². The summed E-state index contributed by atoms with van der Waals surface area (Å²) in [6.07, 6.45) is 1.12. The van der Waals surface area contributed by atoms with Crippen LogP contribution in [0, 0.1) is 0 Å². The van der Waals surface area contributed by atoms with Gasteiger partial charge in [-0.2, -0.15) is 0 Å². The number of nitrogens with one attached hydrogen (secondary N) is 1. The summed E-state index contributed by atoms with van der Waals surface area (Å²) in [5.74, 6) is 0.136. The van der Waals surface area contributed by atoms with Crippen molar-refractivity contribution in [1.29, 1.82) is 0 Å². The fraction of sp³-hybridized carbons (Fsp3) is 0.909. The summed E-state index contributed by atoms with van der Waals surface area (Å²) >= 11 is 0. The second-order valence-corrected chi connectivity index (χ2v) is 3.73. The first-order chi connectivity index (χ1) is 7.69. The number of carbonyl (C=O) groups is 1. The van der Waals surface area contributed by atoms with Gasteiger partial charge in [-0.3, -0.25) is 4.79 Å². The lowest BCUT2D eigenvalue weighted by Gasteiger charge is -2.22. The van der Waals surface area contributed by atoms with Gasteiger partial charge in [-0.25, -0.2) is 0 Å². The summed E-state index contributed by atoms with van der Waals surface area (Å²) in [7, 11) is 0. The maximum absolute atomic E-state index is 11.8.